The summed E-state index contributed by atoms with van der Waals surface area (Å²) >= 11 is 0. The van der Waals surface area contributed by atoms with E-state index >= 15 is 0 Å². The molecule has 2 rings (SSSR count). The first-order valence-corrected chi connectivity index (χ1v) is 7.15. The molecule has 1 amide bonds. The van der Waals surface area contributed by atoms with Gasteiger partial charge >= 0.3 is 5.97 Å². The minimum Gasteiger partial charge on any atom is -0.466 e. The fourth-order valence-corrected chi connectivity index (χ4v) is 2.25. The molecule has 1 aliphatic rings. The van der Waals surface area contributed by atoms with Gasteiger partial charge in [0.1, 0.15) is 0 Å². The van der Waals surface area contributed by atoms with Crippen LogP contribution in [-0.4, -0.2) is 24.2 Å². The van der Waals surface area contributed by atoms with Gasteiger partial charge in [-0.05, 0) is 31.7 Å². The number of hydrogen-bond donors (Lipinski definition) is 1. The highest BCUT2D eigenvalue weighted by atomic mass is 16.5. The molecule has 112 valence electrons. The molecule has 1 saturated carbocycles. The third-order valence-corrected chi connectivity index (χ3v) is 3.42. The van der Waals surface area contributed by atoms with E-state index in [9.17, 15) is 9.59 Å². The average Bonchev–Trinajstić information content (AvgIpc) is 3.26. The second kappa shape index (κ2) is 7.02. The number of rotatable bonds is 6. The summed E-state index contributed by atoms with van der Waals surface area (Å²) in [6.07, 6.45) is 0.948. The molecule has 5 heteroatoms. The Morgan fingerprint density at radius 2 is 2.05 bits per heavy atom. The van der Waals surface area contributed by atoms with Crippen LogP contribution in [0.1, 0.15) is 38.2 Å². The van der Waals surface area contributed by atoms with Crippen LogP contribution in [0.2, 0.25) is 0 Å². The minimum absolute atomic E-state index is 0.0217. The molecule has 1 aromatic rings. The van der Waals surface area contributed by atoms with E-state index in [1.807, 2.05) is 30.3 Å². The Bertz CT molecular complexity index is 540. The Morgan fingerprint density at radius 3 is 2.71 bits per heavy atom. The molecule has 21 heavy (non-hydrogen) atoms. The van der Waals surface area contributed by atoms with Gasteiger partial charge in [0.25, 0.3) is 0 Å². The van der Waals surface area contributed by atoms with Crippen molar-refractivity contribution in [2.45, 2.75) is 32.6 Å². The van der Waals surface area contributed by atoms with Crippen molar-refractivity contribution >= 4 is 17.6 Å². The summed E-state index contributed by atoms with van der Waals surface area (Å²) in [4.78, 5) is 23.2. The minimum atomic E-state index is -0.332. The van der Waals surface area contributed by atoms with E-state index in [0.717, 1.165) is 6.42 Å². The van der Waals surface area contributed by atoms with E-state index in [1.165, 1.54) is 5.56 Å². The van der Waals surface area contributed by atoms with Gasteiger partial charge in [0.05, 0.1) is 13.0 Å². The number of nitrogens with zero attached hydrogens (tertiary/aromatic N) is 1. The lowest BCUT2D eigenvalue weighted by molar-refractivity contribution is -0.141. The van der Waals surface area contributed by atoms with Crippen molar-refractivity contribution in [1.29, 1.82) is 0 Å². The van der Waals surface area contributed by atoms with Gasteiger partial charge in [-0.25, -0.2) is 5.43 Å². The predicted octanol–water partition coefficient (Wildman–Crippen LogP) is 2.24. The molecule has 0 bridgehead atoms. The molecule has 5 nitrogen and oxygen atoms in total. The van der Waals surface area contributed by atoms with Gasteiger partial charge in [-0.15, -0.1) is 0 Å². The first-order valence-electron chi connectivity index (χ1n) is 7.15. The van der Waals surface area contributed by atoms with E-state index < -0.39 is 0 Å². The Morgan fingerprint density at radius 1 is 1.33 bits per heavy atom. The largest absolute Gasteiger partial charge is 0.466 e. The van der Waals surface area contributed by atoms with E-state index in [4.69, 9.17) is 4.74 Å². The summed E-state index contributed by atoms with van der Waals surface area (Å²) in [5.41, 5.74) is 4.26. The van der Waals surface area contributed by atoms with Crippen molar-refractivity contribution in [2.75, 3.05) is 6.61 Å². The van der Waals surface area contributed by atoms with Gasteiger partial charge in [0.2, 0.25) is 5.91 Å². The second-order valence-electron chi connectivity index (χ2n) is 5.16. The molecule has 1 aromatic carbocycles. The third kappa shape index (κ3) is 4.41. The standard InChI is InChI=1S/C16H20N2O3/c1-3-21-15(19)9-11(2)17-18-16(20)14-10-13(14)12-7-5-4-6-8-12/h4-8,13-14H,3,9-10H2,1-2H3,(H,18,20)/b17-11-/t13-,14-/m0/s1. The number of hydrogen-bond acceptors (Lipinski definition) is 4. The van der Waals surface area contributed by atoms with E-state index in [1.54, 1.807) is 13.8 Å². The molecule has 1 fully saturated rings. The van der Waals surface area contributed by atoms with E-state index in [0.29, 0.717) is 12.3 Å². The Labute approximate surface area is 124 Å². The lowest BCUT2D eigenvalue weighted by Crippen LogP contribution is -2.22. The molecule has 0 radical (unpaired) electrons. The monoisotopic (exact) mass is 288 g/mol. The van der Waals surface area contributed by atoms with Crippen molar-refractivity contribution < 1.29 is 14.3 Å². The van der Waals surface area contributed by atoms with Crippen LogP contribution >= 0.6 is 0 Å². The summed E-state index contributed by atoms with van der Waals surface area (Å²) in [7, 11) is 0. The Kier molecular flexibility index (Phi) is 5.09. The molecule has 2 atom stereocenters. The number of esters is 1. The van der Waals surface area contributed by atoms with Gasteiger partial charge in [-0.3, -0.25) is 9.59 Å². The molecule has 0 heterocycles. The molecular formula is C16H20N2O3. The van der Waals surface area contributed by atoms with Crippen LogP contribution in [0.3, 0.4) is 0 Å². The number of benzene rings is 1. The molecule has 1 N–H and O–H groups in total. The number of nitrogens with one attached hydrogen (secondary N) is 1. The maximum absolute atomic E-state index is 12.0. The van der Waals surface area contributed by atoms with Crippen molar-refractivity contribution in [3.05, 3.63) is 35.9 Å². The lowest BCUT2D eigenvalue weighted by Gasteiger charge is -2.03. The molecule has 0 aliphatic heterocycles. The Hall–Kier alpha value is -2.17. The van der Waals surface area contributed by atoms with E-state index in [-0.39, 0.29) is 30.1 Å². The second-order valence-corrected chi connectivity index (χ2v) is 5.16. The van der Waals surface area contributed by atoms with Crippen molar-refractivity contribution in [3.8, 4) is 0 Å². The number of ether oxygens (including phenoxy) is 1. The molecule has 0 saturated heterocycles. The maximum Gasteiger partial charge on any atom is 0.311 e. The van der Waals surface area contributed by atoms with Crippen LogP contribution in [0.15, 0.2) is 35.4 Å². The van der Waals surface area contributed by atoms with Gasteiger partial charge in [-0.1, -0.05) is 30.3 Å². The van der Waals surface area contributed by atoms with Gasteiger partial charge < -0.3 is 4.74 Å². The fourth-order valence-electron chi connectivity index (χ4n) is 2.25. The van der Waals surface area contributed by atoms with Gasteiger partial charge in [0.15, 0.2) is 0 Å². The van der Waals surface area contributed by atoms with Gasteiger partial charge in [-0.2, -0.15) is 5.10 Å². The topological polar surface area (TPSA) is 67.8 Å². The molecule has 0 aromatic heterocycles. The summed E-state index contributed by atoms with van der Waals surface area (Å²) in [6.45, 7) is 3.79. The first-order chi connectivity index (χ1) is 10.1. The first kappa shape index (κ1) is 15.2. The highest BCUT2D eigenvalue weighted by Gasteiger charge is 2.43. The van der Waals surface area contributed by atoms with Crippen molar-refractivity contribution in [1.82, 2.24) is 5.43 Å². The number of carbonyl (C=O) groups excluding carboxylic acids is 2. The van der Waals surface area contributed by atoms with Crippen LogP contribution in [-0.2, 0) is 14.3 Å². The smallest absolute Gasteiger partial charge is 0.311 e. The zero-order valence-electron chi connectivity index (χ0n) is 12.3. The number of amides is 1. The molecule has 0 spiro atoms. The third-order valence-electron chi connectivity index (χ3n) is 3.42. The zero-order valence-corrected chi connectivity index (χ0v) is 12.3. The average molecular weight is 288 g/mol. The van der Waals surface area contributed by atoms with Gasteiger partial charge in [0, 0.05) is 11.6 Å². The summed E-state index contributed by atoms with van der Waals surface area (Å²) < 4.78 is 4.82. The summed E-state index contributed by atoms with van der Waals surface area (Å²) in [5.74, 6) is -0.160. The van der Waals surface area contributed by atoms with Crippen molar-refractivity contribution in [3.63, 3.8) is 0 Å². The SMILES string of the molecule is CCOC(=O)C/C(C)=N\NC(=O)[C@H]1C[C@H]1c1ccccc1. The molecular weight excluding hydrogens is 268 g/mol. The van der Waals surface area contributed by atoms with Crippen molar-refractivity contribution in [2.24, 2.45) is 11.0 Å². The predicted molar refractivity (Wildman–Crippen MR) is 79.8 cm³/mol. The van der Waals surface area contributed by atoms with Crippen LogP contribution in [0.25, 0.3) is 0 Å². The highest BCUT2D eigenvalue weighted by molar-refractivity contribution is 5.98. The fraction of sp³-hybridized carbons (Fsp3) is 0.438. The van der Waals surface area contributed by atoms with Crippen LogP contribution in [0, 0.1) is 5.92 Å². The molecule has 0 unspecified atom stereocenters. The van der Waals surface area contributed by atoms with Crippen LogP contribution < -0.4 is 5.43 Å². The quantitative estimate of drug-likeness (QED) is 0.496. The lowest BCUT2D eigenvalue weighted by atomic mass is 10.1. The number of hydrazone groups is 1. The zero-order chi connectivity index (χ0) is 15.2. The Balaban J connectivity index is 1.80. The number of carbonyl (C=O) groups is 2. The summed E-state index contributed by atoms with van der Waals surface area (Å²) in [6, 6.07) is 9.99. The van der Waals surface area contributed by atoms with E-state index in [2.05, 4.69) is 10.5 Å². The molecule has 1 aliphatic carbocycles. The van der Waals surface area contributed by atoms with Crippen LogP contribution in [0.4, 0.5) is 0 Å². The summed E-state index contributed by atoms with van der Waals surface area (Å²) in [5, 5.41) is 3.95. The normalized spacial score (nSPS) is 20.8. The van der Waals surface area contributed by atoms with Crippen LogP contribution in [0.5, 0.6) is 0 Å². The highest BCUT2D eigenvalue weighted by Crippen LogP contribution is 2.47. The maximum atomic E-state index is 12.0.